The molecule has 0 spiro atoms. The molecule has 0 aromatic heterocycles. The third-order valence-corrected chi connectivity index (χ3v) is 4.78. The summed E-state index contributed by atoms with van der Waals surface area (Å²) in [5.41, 5.74) is 0.0781. The van der Waals surface area contributed by atoms with Crippen LogP contribution in [0.3, 0.4) is 0 Å². The second-order valence-corrected chi connectivity index (χ2v) is 7.15. The first-order valence-corrected chi connectivity index (χ1v) is 8.58. The minimum atomic E-state index is -0.909. The van der Waals surface area contributed by atoms with Crippen molar-refractivity contribution < 1.29 is 19.5 Å². The van der Waals surface area contributed by atoms with Crippen LogP contribution in [0.15, 0.2) is 24.3 Å². The van der Waals surface area contributed by atoms with E-state index >= 15 is 0 Å². The number of urea groups is 1. The van der Waals surface area contributed by atoms with Crippen LogP contribution in [0.1, 0.15) is 43.0 Å². The van der Waals surface area contributed by atoms with Gasteiger partial charge in [-0.05, 0) is 50.8 Å². The van der Waals surface area contributed by atoms with Crippen LogP contribution >= 0.6 is 0 Å². The molecule has 3 amide bonds. The number of nitrogens with zero attached hydrogens (tertiary/aromatic N) is 1. The van der Waals surface area contributed by atoms with Gasteiger partial charge in [-0.2, -0.15) is 0 Å². The van der Waals surface area contributed by atoms with E-state index in [1.165, 1.54) is 0 Å². The molecule has 1 unspecified atom stereocenters. The summed E-state index contributed by atoms with van der Waals surface area (Å²) in [5, 5.41) is 15.0. The first kappa shape index (κ1) is 17.3. The van der Waals surface area contributed by atoms with Gasteiger partial charge in [0.1, 0.15) is 0 Å². The molecule has 3 N–H and O–H groups in total. The fourth-order valence-electron chi connectivity index (χ4n) is 3.08. The van der Waals surface area contributed by atoms with Gasteiger partial charge in [-0.25, -0.2) is 4.79 Å². The summed E-state index contributed by atoms with van der Waals surface area (Å²) >= 11 is 0. The SMILES string of the molecule is CC1(C(=O)O)CCCN(C(=O)c2cccc(NC(=O)NC3CC3)c2)C1. The predicted octanol–water partition coefficient (Wildman–Crippen LogP) is 2.30. The van der Waals surface area contributed by atoms with Gasteiger partial charge in [0, 0.05) is 30.4 Å². The van der Waals surface area contributed by atoms with Gasteiger partial charge in [0.25, 0.3) is 5.91 Å². The van der Waals surface area contributed by atoms with Crippen LogP contribution in [0.2, 0.25) is 0 Å². The lowest BCUT2D eigenvalue weighted by Gasteiger charge is -2.37. The number of hydrogen-bond donors (Lipinski definition) is 3. The fraction of sp³-hybridized carbons (Fsp3) is 0.500. The third-order valence-electron chi connectivity index (χ3n) is 4.78. The lowest BCUT2D eigenvalue weighted by atomic mass is 9.82. The molecule has 1 atom stereocenters. The highest BCUT2D eigenvalue weighted by Crippen LogP contribution is 2.30. The van der Waals surface area contributed by atoms with E-state index in [9.17, 15) is 19.5 Å². The number of rotatable bonds is 4. The Morgan fingerprint density at radius 3 is 2.72 bits per heavy atom. The van der Waals surface area contributed by atoms with E-state index in [1.807, 2.05) is 0 Å². The van der Waals surface area contributed by atoms with Gasteiger partial charge in [0.15, 0.2) is 0 Å². The minimum Gasteiger partial charge on any atom is -0.481 e. The fourth-order valence-corrected chi connectivity index (χ4v) is 3.08. The zero-order valence-corrected chi connectivity index (χ0v) is 14.2. The van der Waals surface area contributed by atoms with Crippen LogP contribution < -0.4 is 10.6 Å². The average molecular weight is 345 g/mol. The third kappa shape index (κ3) is 4.10. The van der Waals surface area contributed by atoms with Crippen molar-refractivity contribution in [2.45, 2.75) is 38.6 Å². The van der Waals surface area contributed by atoms with Gasteiger partial charge < -0.3 is 20.6 Å². The van der Waals surface area contributed by atoms with E-state index in [1.54, 1.807) is 36.1 Å². The van der Waals surface area contributed by atoms with E-state index in [0.717, 1.165) is 12.8 Å². The van der Waals surface area contributed by atoms with Crippen LogP contribution in [0.25, 0.3) is 0 Å². The molecule has 1 aromatic carbocycles. The van der Waals surface area contributed by atoms with Gasteiger partial charge in [-0.1, -0.05) is 6.07 Å². The first-order valence-electron chi connectivity index (χ1n) is 8.58. The van der Waals surface area contributed by atoms with Gasteiger partial charge >= 0.3 is 12.0 Å². The Hall–Kier alpha value is -2.57. The predicted molar refractivity (Wildman–Crippen MR) is 92.5 cm³/mol. The monoisotopic (exact) mass is 345 g/mol. The topological polar surface area (TPSA) is 98.7 Å². The average Bonchev–Trinajstić information content (AvgIpc) is 3.38. The largest absolute Gasteiger partial charge is 0.481 e. The molecule has 7 heteroatoms. The van der Waals surface area contributed by atoms with Crippen molar-refractivity contribution in [2.75, 3.05) is 18.4 Å². The van der Waals surface area contributed by atoms with Gasteiger partial charge in [-0.3, -0.25) is 9.59 Å². The normalized spacial score (nSPS) is 23.0. The molecule has 25 heavy (non-hydrogen) atoms. The van der Waals surface area contributed by atoms with E-state index in [0.29, 0.717) is 30.6 Å². The molecule has 0 radical (unpaired) electrons. The van der Waals surface area contributed by atoms with Crippen LogP contribution in [0, 0.1) is 5.41 Å². The van der Waals surface area contributed by atoms with Gasteiger partial charge in [0.05, 0.1) is 5.41 Å². The molecular formula is C18H23N3O4. The number of hydrogen-bond acceptors (Lipinski definition) is 3. The molecular weight excluding hydrogens is 322 g/mol. The summed E-state index contributed by atoms with van der Waals surface area (Å²) in [4.78, 5) is 37.6. The van der Waals surface area contributed by atoms with E-state index < -0.39 is 11.4 Å². The number of carbonyl (C=O) groups is 3. The summed E-state index contributed by atoms with van der Waals surface area (Å²) in [6.45, 7) is 2.41. The number of amides is 3. The first-order chi connectivity index (χ1) is 11.9. The number of carboxylic acids is 1. The van der Waals surface area contributed by atoms with E-state index in [2.05, 4.69) is 10.6 Å². The molecule has 1 saturated heterocycles. The number of carbonyl (C=O) groups excluding carboxylic acids is 2. The molecule has 1 aromatic rings. The Bertz CT molecular complexity index is 701. The van der Waals surface area contributed by atoms with E-state index in [-0.39, 0.29) is 24.5 Å². The Kier molecular flexibility index (Phi) is 4.65. The molecule has 1 saturated carbocycles. The van der Waals surface area contributed by atoms with Crippen LogP contribution in [0.5, 0.6) is 0 Å². The van der Waals surface area contributed by atoms with Gasteiger partial charge in [-0.15, -0.1) is 0 Å². The summed E-state index contributed by atoms with van der Waals surface area (Å²) in [6, 6.07) is 6.72. The van der Waals surface area contributed by atoms with Crippen molar-refractivity contribution in [1.82, 2.24) is 10.2 Å². The van der Waals surface area contributed by atoms with E-state index in [4.69, 9.17) is 0 Å². The molecule has 2 fully saturated rings. The van der Waals surface area contributed by atoms with Crippen LogP contribution in [-0.4, -0.2) is 47.0 Å². The zero-order chi connectivity index (χ0) is 18.0. The number of benzene rings is 1. The molecule has 1 aliphatic heterocycles. The Labute approximate surface area is 146 Å². The number of piperidine rings is 1. The standard InChI is InChI=1S/C18H23N3O4/c1-18(16(23)24)8-3-9-21(11-18)15(22)12-4-2-5-14(10-12)20-17(25)19-13-6-7-13/h2,4-5,10,13H,3,6-9,11H2,1H3,(H,23,24)(H2,19,20,25). The molecule has 2 aliphatic rings. The summed E-state index contributed by atoms with van der Waals surface area (Å²) in [6.07, 6.45) is 3.23. The summed E-state index contributed by atoms with van der Waals surface area (Å²) in [5.74, 6) is -1.09. The maximum atomic E-state index is 12.7. The number of aliphatic carboxylic acids is 1. The Morgan fingerprint density at radius 1 is 1.28 bits per heavy atom. The highest BCUT2D eigenvalue weighted by atomic mass is 16.4. The van der Waals surface area contributed by atoms with Crippen molar-refractivity contribution >= 4 is 23.6 Å². The molecule has 1 aliphatic carbocycles. The number of nitrogens with one attached hydrogen (secondary N) is 2. The minimum absolute atomic E-state index is 0.195. The second kappa shape index (κ2) is 6.74. The quantitative estimate of drug-likeness (QED) is 0.780. The molecule has 3 rings (SSSR count). The molecule has 1 heterocycles. The Morgan fingerprint density at radius 2 is 2.04 bits per heavy atom. The van der Waals surface area contributed by atoms with Gasteiger partial charge in [0.2, 0.25) is 0 Å². The van der Waals surface area contributed by atoms with Crippen LogP contribution in [-0.2, 0) is 4.79 Å². The highest BCUT2D eigenvalue weighted by molar-refractivity contribution is 5.97. The molecule has 0 bridgehead atoms. The maximum absolute atomic E-state index is 12.7. The second-order valence-electron chi connectivity index (χ2n) is 7.15. The molecule has 134 valence electrons. The van der Waals surface area contributed by atoms with Crippen molar-refractivity contribution in [2.24, 2.45) is 5.41 Å². The Balaban J connectivity index is 1.68. The summed E-state index contributed by atoms with van der Waals surface area (Å²) in [7, 11) is 0. The lowest BCUT2D eigenvalue weighted by Crippen LogP contribution is -2.48. The summed E-state index contributed by atoms with van der Waals surface area (Å²) < 4.78 is 0. The number of carboxylic acid groups (broad SMARTS) is 1. The zero-order valence-electron chi connectivity index (χ0n) is 14.2. The lowest BCUT2D eigenvalue weighted by molar-refractivity contribution is -0.150. The van der Waals surface area contributed by atoms with Crippen LogP contribution in [0.4, 0.5) is 10.5 Å². The number of anilines is 1. The van der Waals surface area contributed by atoms with Crippen molar-refractivity contribution in [1.29, 1.82) is 0 Å². The maximum Gasteiger partial charge on any atom is 0.319 e. The van der Waals surface area contributed by atoms with Crippen molar-refractivity contribution in [3.8, 4) is 0 Å². The number of likely N-dealkylation sites (tertiary alicyclic amines) is 1. The smallest absolute Gasteiger partial charge is 0.319 e. The highest BCUT2D eigenvalue weighted by Gasteiger charge is 2.39. The molecule has 7 nitrogen and oxygen atoms in total. The van der Waals surface area contributed by atoms with Crippen molar-refractivity contribution in [3.63, 3.8) is 0 Å². The van der Waals surface area contributed by atoms with Crippen molar-refractivity contribution in [3.05, 3.63) is 29.8 Å².